The molecule has 0 saturated carbocycles. The number of rotatable bonds is 6. The molecule has 0 radical (unpaired) electrons. The zero-order valence-corrected chi connectivity index (χ0v) is 28.7. The number of hydrogen-bond acceptors (Lipinski definition) is 7. The number of ether oxygens (including phenoxy) is 1. The number of hydrogen-bond donors (Lipinski definition) is 2. The second kappa shape index (κ2) is 14.1. The summed E-state index contributed by atoms with van der Waals surface area (Å²) in [5, 5.41) is 20.8. The van der Waals surface area contributed by atoms with Crippen LogP contribution in [0.5, 0.6) is 23.0 Å². The molecule has 4 aromatic carbocycles. The van der Waals surface area contributed by atoms with E-state index in [1.807, 2.05) is 24.3 Å². The van der Waals surface area contributed by atoms with Gasteiger partial charge in [-0.15, -0.1) is 0 Å². The topological polar surface area (TPSA) is 62.6 Å². The van der Waals surface area contributed by atoms with E-state index in [-0.39, 0.29) is 0 Å². The van der Waals surface area contributed by atoms with Gasteiger partial charge in [0.15, 0.2) is 0 Å². The van der Waals surface area contributed by atoms with Crippen molar-refractivity contribution >= 4 is 22.7 Å². The normalized spacial score (nSPS) is 18.3. The molecule has 49 heavy (non-hydrogen) atoms. The molecule has 2 N–H and O–H groups in total. The highest BCUT2D eigenvalue weighted by molar-refractivity contribution is 5.62. The van der Waals surface area contributed by atoms with Crippen LogP contribution in [0.1, 0.15) is 73.6 Å². The lowest BCUT2D eigenvalue weighted by atomic mass is 9.99. The van der Waals surface area contributed by atoms with Crippen LogP contribution in [0, 0.1) is 0 Å². The van der Waals surface area contributed by atoms with Crippen molar-refractivity contribution in [2.24, 2.45) is 0 Å². The lowest BCUT2D eigenvalue weighted by molar-refractivity contribution is 0.460. The number of aromatic hydroxyl groups is 2. The van der Waals surface area contributed by atoms with Crippen molar-refractivity contribution in [3.63, 3.8) is 0 Å². The van der Waals surface area contributed by atoms with Gasteiger partial charge in [-0.25, -0.2) is 0 Å². The second-order valence-corrected chi connectivity index (χ2v) is 14.4. The first-order valence-corrected chi connectivity index (χ1v) is 18.6. The van der Waals surface area contributed by atoms with E-state index in [1.165, 1.54) is 100 Å². The van der Waals surface area contributed by atoms with Gasteiger partial charge < -0.3 is 34.5 Å². The summed E-state index contributed by atoms with van der Waals surface area (Å²) < 4.78 is 6.32. The van der Waals surface area contributed by atoms with Crippen LogP contribution in [-0.4, -0.2) is 62.6 Å². The highest BCUT2D eigenvalue weighted by Gasteiger charge is 2.22. The Balaban J connectivity index is 0.000000142. The van der Waals surface area contributed by atoms with Crippen LogP contribution < -0.4 is 24.3 Å². The Hall–Kier alpha value is -4.52. The van der Waals surface area contributed by atoms with Gasteiger partial charge in [0, 0.05) is 112 Å². The lowest BCUT2D eigenvalue weighted by Crippen LogP contribution is -2.18. The molecule has 0 aromatic heterocycles. The van der Waals surface area contributed by atoms with Gasteiger partial charge in [0.2, 0.25) is 0 Å². The maximum Gasteiger partial charge on any atom is 0.133 e. The monoisotopic (exact) mass is 658 g/mol. The molecule has 4 saturated heterocycles. The Morgan fingerprint density at radius 3 is 1.10 bits per heavy atom. The summed E-state index contributed by atoms with van der Waals surface area (Å²) in [6.07, 6.45) is 11.6. The first-order valence-electron chi connectivity index (χ1n) is 18.6. The molecule has 0 aliphatic carbocycles. The van der Waals surface area contributed by atoms with Crippen LogP contribution in [0.25, 0.3) is 0 Å². The number of phenolic OH excluding ortho intramolecular Hbond substituents is 2. The molecule has 256 valence electrons. The molecular weight excluding hydrogens is 608 g/mol. The van der Waals surface area contributed by atoms with Crippen LogP contribution in [0.4, 0.5) is 22.7 Å². The van der Waals surface area contributed by atoms with Crippen LogP contribution in [-0.2, 0) is 12.8 Å². The molecule has 4 fully saturated rings. The molecule has 0 bridgehead atoms. The molecule has 7 nitrogen and oxygen atoms in total. The third-order valence-electron chi connectivity index (χ3n) is 11.1. The maximum atomic E-state index is 10.4. The van der Waals surface area contributed by atoms with Gasteiger partial charge in [0.05, 0.1) is 0 Å². The number of anilines is 4. The third kappa shape index (κ3) is 6.99. The fraction of sp³-hybridized carbons (Fsp3) is 0.429. The summed E-state index contributed by atoms with van der Waals surface area (Å²) in [5.41, 5.74) is 9.12. The molecule has 4 aromatic rings. The average molecular weight is 659 g/mol. The Morgan fingerprint density at radius 2 is 0.755 bits per heavy atom. The van der Waals surface area contributed by atoms with Crippen molar-refractivity contribution < 1.29 is 14.9 Å². The highest BCUT2D eigenvalue weighted by atomic mass is 16.5. The van der Waals surface area contributed by atoms with Crippen LogP contribution in [0.3, 0.4) is 0 Å². The van der Waals surface area contributed by atoms with E-state index < -0.39 is 0 Å². The van der Waals surface area contributed by atoms with Gasteiger partial charge in [0.1, 0.15) is 23.0 Å². The van der Waals surface area contributed by atoms with Gasteiger partial charge in [-0.05, 0) is 97.9 Å². The first-order chi connectivity index (χ1) is 24.1. The van der Waals surface area contributed by atoms with Gasteiger partial charge in [-0.3, -0.25) is 0 Å². The van der Waals surface area contributed by atoms with Gasteiger partial charge >= 0.3 is 0 Å². The second-order valence-electron chi connectivity index (χ2n) is 14.4. The number of nitrogens with zero attached hydrogens (tertiary/aromatic N) is 4. The van der Waals surface area contributed by atoms with E-state index in [0.717, 1.165) is 66.6 Å². The molecule has 0 spiro atoms. The highest BCUT2D eigenvalue weighted by Crippen LogP contribution is 2.41. The fourth-order valence-corrected chi connectivity index (χ4v) is 8.19. The van der Waals surface area contributed by atoms with E-state index in [4.69, 9.17) is 4.74 Å². The Labute approximate surface area is 291 Å². The fourth-order valence-electron chi connectivity index (χ4n) is 8.19. The average Bonchev–Trinajstić information content (AvgIpc) is 3.97. The minimum Gasteiger partial charge on any atom is -0.508 e. The molecule has 0 amide bonds. The third-order valence-corrected chi connectivity index (χ3v) is 11.1. The largest absolute Gasteiger partial charge is 0.508 e. The minimum absolute atomic E-state index is 0.312. The summed E-state index contributed by atoms with van der Waals surface area (Å²) in [6.45, 7) is 8.97. The number of phenols is 2. The summed E-state index contributed by atoms with van der Waals surface area (Å²) in [5.74, 6) is 2.72. The number of fused-ring (bicyclic) bond motifs is 2. The maximum absolute atomic E-state index is 10.4. The first kappa shape index (κ1) is 31.7. The van der Waals surface area contributed by atoms with Crippen LogP contribution in [0.15, 0.2) is 72.8 Å². The molecule has 0 atom stereocenters. The predicted molar refractivity (Wildman–Crippen MR) is 201 cm³/mol. The standard InChI is InChI=1S/C21H26N2O2.C21H24N2O/c24-20-14-18(22-9-1-2-10-22)7-5-16(20)13-17-6-8-19(15-21(17)25)23-11-3-4-12-23;1-2-10-22(9-1)18-7-5-16-13-17-6-8-19(23-11-3-4-12-23)15-21(17)24-20(16)14-18/h5-8,14-15,24-25H,1-4,9-13H2;5-8,14-15H,1-4,9-13H2. The van der Waals surface area contributed by atoms with Gasteiger partial charge in [0.25, 0.3) is 0 Å². The van der Waals surface area contributed by atoms with E-state index in [1.54, 1.807) is 0 Å². The summed E-state index contributed by atoms with van der Waals surface area (Å²) in [6, 6.07) is 25.3. The van der Waals surface area contributed by atoms with Crippen molar-refractivity contribution in [3.8, 4) is 23.0 Å². The quantitative estimate of drug-likeness (QED) is 0.190. The SMILES string of the molecule is Oc1cc(N2CCCC2)ccc1Cc1ccc(N2CCCC2)cc1O.c1cc2c(cc1N1CCCC1)Oc1cc(N3CCCC3)ccc1C2. The predicted octanol–water partition coefficient (Wildman–Crippen LogP) is 8.47. The molecule has 5 heterocycles. The van der Waals surface area contributed by atoms with Crippen LogP contribution >= 0.6 is 0 Å². The lowest BCUT2D eigenvalue weighted by Gasteiger charge is -2.25. The zero-order chi connectivity index (χ0) is 33.2. The Morgan fingerprint density at radius 1 is 0.429 bits per heavy atom. The minimum atomic E-state index is 0.312. The van der Waals surface area contributed by atoms with Crippen molar-refractivity contribution in [3.05, 3.63) is 95.1 Å². The van der Waals surface area contributed by atoms with E-state index in [9.17, 15) is 10.2 Å². The molecule has 5 aliphatic rings. The van der Waals surface area contributed by atoms with E-state index in [2.05, 4.69) is 68.1 Å². The smallest absolute Gasteiger partial charge is 0.133 e. The van der Waals surface area contributed by atoms with E-state index in [0.29, 0.717) is 17.9 Å². The van der Waals surface area contributed by atoms with Crippen LogP contribution in [0.2, 0.25) is 0 Å². The molecule has 5 aliphatic heterocycles. The molecular formula is C42H50N4O3. The van der Waals surface area contributed by atoms with Crippen molar-refractivity contribution in [2.75, 3.05) is 72.0 Å². The van der Waals surface area contributed by atoms with Crippen molar-refractivity contribution in [1.82, 2.24) is 0 Å². The Kier molecular flexibility index (Phi) is 9.16. The van der Waals surface area contributed by atoms with Crippen molar-refractivity contribution in [2.45, 2.75) is 64.2 Å². The van der Waals surface area contributed by atoms with Crippen molar-refractivity contribution in [1.29, 1.82) is 0 Å². The summed E-state index contributed by atoms with van der Waals surface area (Å²) in [4.78, 5) is 9.57. The molecule has 7 heteroatoms. The van der Waals surface area contributed by atoms with E-state index >= 15 is 0 Å². The molecule has 9 rings (SSSR count). The van der Waals surface area contributed by atoms with Gasteiger partial charge in [-0.1, -0.05) is 24.3 Å². The molecule has 0 unspecified atom stereocenters. The summed E-state index contributed by atoms with van der Waals surface area (Å²) in [7, 11) is 0. The zero-order valence-electron chi connectivity index (χ0n) is 28.7. The van der Waals surface area contributed by atoms with Gasteiger partial charge in [-0.2, -0.15) is 0 Å². The number of benzene rings is 4. The Bertz CT molecular complexity index is 1640. The summed E-state index contributed by atoms with van der Waals surface area (Å²) >= 11 is 0.